The van der Waals surface area contributed by atoms with Gasteiger partial charge in [-0.1, -0.05) is 37.3 Å². The number of carbonyl (C=O) groups is 2. The fraction of sp³-hybridized carbons (Fsp3) is 0.471. The van der Waals surface area contributed by atoms with Gasteiger partial charge in [-0.15, -0.1) is 0 Å². The van der Waals surface area contributed by atoms with Gasteiger partial charge in [0.15, 0.2) is 10.9 Å². The highest BCUT2D eigenvalue weighted by atomic mass is 32.1. The molecule has 0 aliphatic heterocycles. The molecule has 114 valence electrons. The van der Waals surface area contributed by atoms with Gasteiger partial charge >= 0.3 is 0 Å². The highest BCUT2D eigenvalue weighted by molar-refractivity contribution is 7.22. The number of carbonyl (C=O) groups excluding carboxylic acids is 2. The molecule has 4 rings (SSSR count). The largest absolute Gasteiger partial charge is 0.301 e. The quantitative estimate of drug-likeness (QED) is 0.861. The van der Waals surface area contributed by atoms with Gasteiger partial charge in [-0.3, -0.25) is 9.59 Å². The van der Waals surface area contributed by atoms with E-state index in [2.05, 4.69) is 10.3 Å². The van der Waals surface area contributed by atoms with Crippen molar-refractivity contribution in [1.29, 1.82) is 0 Å². The summed E-state index contributed by atoms with van der Waals surface area (Å²) in [7, 11) is 0. The highest BCUT2D eigenvalue weighted by Gasteiger charge is 2.65. The highest BCUT2D eigenvalue weighted by Crippen LogP contribution is 2.60. The van der Waals surface area contributed by atoms with Gasteiger partial charge in [-0.2, -0.15) is 0 Å². The number of nitrogens with zero attached hydrogens (tertiary/aromatic N) is 1. The molecule has 1 N–H and O–H groups in total. The molecule has 0 saturated heterocycles. The average molecular weight is 314 g/mol. The summed E-state index contributed by atoms with van der Waals surface area (Å²) in [5, 5.41) is 3.49. The lowest BCUT2D eigenvalue weighted by molar-refractivity contribution is -0.142. The van der Waals surface area contributed by atoms with Gasteiger partial charge in [0.05, 0.1) is 10.2 Å². The van der Waals surface area contributed by atoms with Gasteiger partial charge in [-0.05, 0) is 37.3 Å². The second-order valence-electron chi connectivity index (χ2n) is 7.01. The molecule has 1 aromatic heterocycles. The predicted octanol–water partition coefficient (Wildman–Crippen LogP) is 3.63. The third kappa shape index (κ3) is 1.72. The van der Waals surface area contributed by atoms with Crippen LogP contribution in [0.15, 0.2) is 24.3 Å². The maximum Gasteiger partial charge on any atom is 0.239 e. The van der Waals surface area contributed by atoms with Crippen molar-refractivity contribution in [2.45, 2.75) is 33.1 Å². The van der Waals surface area contributed by atoms with Crippen molar-refractivity contribution in [2.75, 3.05) is 5.32 Å². The number of thiazole rings is 1. The molecule has 0 radical (unpaired) electrons. The molecule has 2 saturated carbocycles. The molecule has 22 heavy (non-hydrogen) atoms. The average Bonchev–Trinajstić information content (AvgIpc) is 3.14. The third-order valence-electron chi connectivity index (χ3n) is 5.50. The Balaban J connectivity index is 1.64. The van der Waals surface area contributed by atoms with E-state index in [1.807, 2.05) is 38.1 Å². The maximum absolute atomic E-state index is 12.8. The Hall–Kier alpha value is -1.75. The number of Topliss-reactive ketones (excluding diaryl/α,β-unsaturated/α-hetero) is 1. The minimum atomic E-state index is -0.827. The Kier molecular flexibility index (Phi) is 2.77. The second-order valence-corrected chi connectivity index (χ2v) is 8.04. The first-order chi connectivity index (χ1) is 10.4. The van der Waals surface area contributed by atoms with Gasteiger partial charge in [0, 0.05) is 5.41 Å². The van der Waals surface area contributed by atoms with E-state index in [1.54, 1.807) is 0 Å². The molecular formula is C17H18N2O2S. The molecule has 2 bridgehead atoms. The van der Waals surface area contributed by atoms with Crippen molar-refractivity contribution in [3.63, 3.8) is 0 Å². The van der Waals surface area contributed by atoms with Crippen LogP contribution in [0.3, 0.4) is 0 Å². The van der Waals surface area contributed by atoms with Gasteiger partial charge < -0.3 is 5.32 Å². The van der Waals surface area contributed by atoms with Gasteiger partial charge in [0.1, 0.15) is 5.41 Å². The number of hydrogen-bond acceptors (Lipinski definition) is 4. The van der Waals surface area contributed by atoms with Gasteiger partial charge in [-0.25, -0.2) is 4.98 Å². The Bertz CT molecular complexity index is 762. The smallest absolute Gasteiger partial charge is 0.239 e. The van der Waals surface area contributed by atoms with Crippen molar-refractivity contribution in [2.24, 2.45) is 16.7 Å². The van der Waals surface area contributed by atoms with Crippen LogP contribution >= 0.6 is 11.3 Å². The molecule has 0 unspecified atom stereocenters. The first-order valence-electron chi connectivity index (χ1n) is 7.65. The molecule has 2 fully saturated rings. The molecule has 4 nitrogen and oxygen atoms in total. The molecule has 1 heterocycles. The van der Waals surface area contributed by atoms with Crippen LogP contribution in [-0.4, -0.2) is 16.7 Å². The van der Waals surface area contributed by atoms with E-state index in [-0.39, 0.29) is 17.1 Å². The summed E-state index contributed by atoms with van der Waals surface area (Å²) >= 11 is 1.45. The van der Waals surface area contributed by atoms with E-state index in [0.717, 1.165) is 16.6 Å². The zero-order valence-electron chi connectivity index (χ0n) is 12.7. The van der Waals surface area contributed by atoms with Gasteiger partial charge in [0.25, 0.3) is 0 Å². The number of aromatic nitrogens is 1. The maximum atomic E-state index is 12.8. The third-order valence-corrected chi connectivity index (χ3v) is 6.46. The standard InChI is InChI=1S/C17H18N2O2S/c1-16(2)10-7-8-17(9-10,13(16)20)14(21)19-15-18-11-5-3-4-6-12(11)22-15/h3-6,10H,7-9H2,1-2H3,(H,18,19,21)/t10-,17+/m0/s1. The number of amides is 1. The fourth-order valence-electron chi connectivity index (χ4n) is 4.12. The van der Waals surface area contributed by atoms with E-state index in [4.69, 9.17) is 0 Å². The molecule has 2 atom stereocenters. The molecule has 1 aromatic carbocycles. The zero-order valence-corrected chi connectivity index (χ0v) is 13.5. The summed E-state index contributed by atoms with van der Waals surface area (Å²) in [5.41, 5.74) is -0.322. The van der Waals surface area contributed by atoms with Crippen LogP contribution in [0.4, 0.5) is 5.13 Å². The van der Waals surface area contributed by atoms with Crippen molar-refractivity contribution < 1.29 is 9.59 Å². The van der Waals surface area contributed by atoms with E-state index >= 15 is 0 Å². The lowest BCUT2D eigenvalue weighted by Gasteiger charge is -2.32. The summed E-state index contributed by atoms with van der Waals surface area (Å²) in [4.78, 5) is 30.0. The predicted molar refractivity (Wildman–Crippen MR) is 86.8 cm³/mol. The molecule has 2 aromatic rings. The lowest BCUT2D eigenvalue weighted by Crippen LogP contribution is -2.44. The Morgan fingerprint density at radius 1 is 1.36 bits per heavy atom. The summed E-state index contributed by atoms with van der Waals surface area (Å²) in [6.07, 6.45) is 2.33. The minimum absolute atomic E-state index is 0.106. The molecular weight excluding hydrogens is 296 g/mol. The van der Waals surface area contributed by atoms with E-state index in [1.165, 1.54) is 11.3 Å². The number of para-hydroxylation sites is 1. The van der Waals surface area contributed by atoms with Gasteiger partial charge in [0.2, 0.25) is 5.91 Å². The van der Waals surface area contributed by atoms with Crippen LogP contribution in [0.2, 0.25) is 0 Å². The monoisotopic (exact) mass is 314 g/mol. The molecule has 1 amide bonds. The van der Waals surface area contributed by atoms with Crippen LogP contribution in [0.25, 0.3) is 10.2 Å². The number of ketones is 1. The van der Waals surface area contributed by atoms with Crippen LogP contribution in [-0.2, 0) is 9.59 Å². The van der Waals surface area contributed by atoms with Crippen LogP contribution < -0.4 is 5.32 Å². The summed E-state index contributed by atoms with van der Waals surface area (Å²) in [6, 6.07) is 7.79. The Morgan fingerprint density at radius 2 is 2.14 bits per heavy atom. The summed E-state index contributed by atoms with van der Waals surface area (Å²) in [5.74, 6) is 0.278. The van der Waals surface area contributed by atoms with E-state index in [0.29, 0.717) is 23.9 Å². The first-order valence-corrected chi connectivity index (χ1v) is 8.47. The van der Waals surface area contributed by atoms with Crippen molar-refractivity contribution in [3.8, 4) is 0 Å². The van der Waals surface area contributed by atoms with Crippen LogP contribution in [0, 0.1) is 16.7 Å². The number of fused-ring (bicyclic) bond motifs is 3. The van der Waals surface area contributed by atoms with Crippen molar-refractivity contribution in [3.05, 3.63) is 24.3 Å². The molecule has 2 aliphatic rings. The molecule has 2 aliphatic carbocycles. The summed E-state index contributed by atoms with van der Waals surface area (Å²) < 4.78 is 1.04. The molecule has 0 spiro atoms. The first kappa shape index (κ1) is 13.9. The summed E-state index contributed by atoms with van der Waals surface area (Å²) in [6.45, 7) is 3.96. The van der Waals surface area contributed by atoms with Crippen LogP contribution in [0.5, 0.6) is 0 Å². The number of benzene rings is 1. The number of anilines is 1. The number of rotatable bonds is 2. The van der Waals surface area contributed by atoms with Crippen LogP contribution in [0.1, 0.15) is 33.1 Å². The zero-order chi connectivity index (χ0) is 15.5. The van der Waals surface area contributed by atoms with Crippen molar-refractivity contribution >= 4 is 38.4 Å². The minimum Gasteiger partial charge on any atom is -0.301 e. The number of hydrogen-bond donors (Lipinski definition) is 1. The molecule has 5 heteroatoms. The Labute approximate surface area is 132 Å². The lowest BCUT2D eigenvalue weighted by atomic mass is 9.70. The van der Waals surface area contributed by atoms with E-state index < -0.39 is 5.41 Å². The topological polar surface area (TPSA) is 59.1 Å². The Morgan fingerprint density at radius 3 is 2.82 bits per heavy atom. The fourth-order valence-corrected chi connectivity index (χ4v) is 4.98. The van der Waals surface area contributed by atoms with E-state index in [9.17, 15) is 9.59 Å². The normalized spacial score (nSPS) is 29.2. The second kappa shape index (κ2) is 4.38. The van der Waals surface area contributed by atoms with Crippen molar-refractivity contribution in [1.82, 2.24) is 4.98 Å². The number of nitrogens with one attached hydrogen (secondary N) is 1. The SMILES string of the molecule is CC1(C)C(=O)[C@@]2(C(=O)Nc3nc4ccccc4s3)CC[C@H]1C2.